The Morgan fingerprint density at radius 3 is 2.42 bits per heavy atom. The summed E-state index contributed by atoms with van der Waals surface area (Å²) >= 11 is 1.36. The zero-order valence-corrected chi connectivity index (χ0v) is 14.3. The summed E-state index contributed by atoms with van der Waals surface area (Å²) in [5.74, 6) is -0.562. The van der Waals surface area contributed by atoms with Gasteiger partial charge in [-0.05, 0) is 43.2 Å². The van der Waals surface area contributed by atoms with Crippen LogP contribution < -0.4 is 5.32 Å². The number of carbonyl (C=O) groups excluding carboxylic acids is 1. The van der Waals surface area contributed by atoms with Gasteiger partial charge in [0, 0.05) is 11.3 Å². The molecule has 3 rings (SSSR count). The lowest BCUT2D eigenvalue weighted by Gasteiger charge is -2.03. The van der Waals surface area contributed by atoms with E-state index in [1.165, 1.54) is 41.2 Å². The van der Waals surface area contributed by atoms with E-state index in [1.807, 2.05) is 19.1 Å². The molecule has 1 aromatic heterocycles. The van der Waals surface area contributed by atoms with Gasteiger partial charge in [0.1, 0.15) is 15.7 Å². The molecule has 0 aliphatic rings. The Bertz CT molecular complexity index is 854. The fourth-order valence-corrected chi connectivity index (χ4v) is 3.30. The van der Waals surface area contributed by atoms with E-state index in [1.54, 1.807) is 0 Å². The van der Waals surface area contributed by atoms with Crippen molar-refractivity contribution in [3.05, 3.63) is 70.5 Å². The van der Waals surface area contributed by atoms with Gasteiger partial charge in [0.25, 0.3) is 5.91 Å². The number of amides is 1. The van der Waals surface area contributed by atoms with Crippen molar-refractivity contribution in [3.63, 3.8) is 0 Å². The number of rotatable bonds is 4. The van der Waals surface area contributed by atoms with Crippen LogP contribution in [0, 0.1) is 12.7 Å². The second-order valence-corrected chi connectivity index (χ2v) is 6.44. The second-order valence-electron chi connectivity index (χ2n) is 5.45. The molecule has 0 fully saturated rings. The number of halogens is 1. The maximum Gasteiger partial charge on any atom is 0.267 e. The third kappa shape index (κ3) is 3.51. The van der Waals surface area contributed by atoms with Gasteiger partial charge in [0.05, 0.1) is 5.69 Å². The Kier molecular flexibility index (Phi) is 4.71. The molecule has 0 spiro atoms. The van der Waals surface area contributed by atoms with Gasteiger partial charge in [-0.3, -0.25) is 4.79 Å². The number of benzene rings is 2. The number of hydrogen-bond donors (Lipinski definition) is 1. The van der Waals surface area contributed by atoms with Crippen molar-refractivity contribution in [2.24, 2.45) is 0 Å². The van der Waals surface area contributed by atoms with Crippen molar-refractivity contribution in [1.29, 1.82) is 0 Å². The molecule has 1 heterocycles. The Morgan fingerprint density at radius 2 is 1.79 bits per heavy atom. The summed E-state index contributed by atoms with van der Waals surface area (Å²) in [6.45, 7) is 3.93. The van der Waals surface area contributed by atoms with Crippen LogP contribution in [0.5, 0.6) is 0 Å². The minimum absolute atomic E-state index is 0.229. The highest BCUT2D eigenvalue weighted by atomic mass is 32.1. The zero-order chi connectivity index (χ0) is 17.1. The SMILES string of the molecule is CCc1ccc(-c2nc(C)c(C(=O)Nc3ccc(F)cc3)s2)cc1. The van der Waals surface area contributed by atoms with Crippen LogP contribution in [0.4, 0.5) is 10.1 Å². The summed E-state index contributed by atoms with van der Waals surface area (Å²) in [4.78, 5) is 17.5. The predicted octanol–water partition coefficient (Wildman–Crippen LogP) is 5.07. The topological polar surface area (TPSA) is 42.0 Å². The van der Waals surface area contributed by atoms with Crippen molar-refractivity contribution < 1.29 is 9.18 Å². The second kappa shape index (κ2) is 6.93. The van der Waals surface area contributed by atoms with E-state index in [4.69, 9.17) is 0 Å². The van der Waals surface area contributed by atoms with Crippen LogP contribution in [0.1, 0.15) is 27.9 Å². The highest BCUT2D eigenvalue weighted by Crippen LogP contribution is 2.28. The highest BCUT2D eigenvalue weighted by molar-refractivity contribution is 7.17. The van der Waals surface area contributed by atoms with Gasteiger partial charge in [-0.2, -0.15) is 0 Å². The van der Waals surface area contributed by atoms with Crippen molar-refractivity contribution >= 4 is 22.9 Å². The molecule has 3 aromatic rings. The Labute approximate surface area is 144 Å². The lowest BCUT2D eigenvalue weighted by molar-refractivity contribution is 0.103. The van der Waals surface area contributed by atoms with Crippen LogP contribution in [0.25, 0.3) is 10.6 Å². The Morgan fingerprint density at radius 1 is 1.12 bits per heavy atom. The summed E-state index contributed by atoms with van der Waals surface area (Å²) in [5.41, 5.74) is 3.51. The standard InChI is InChI=1S/C19H17FN2OS/c1-3-13-4-6-14(7-5-13)19-21-12(2)17(24-19)18(23)22-16-10-8-15(20)9-11-16/h4-11H,3H2,1-2H3,(H,22,23). The van der Waals surface area contributed by atoms with Crippen molar-refractivity contribution in [2.45, 2.75) is 20.3 Å². The minimum atomic E-state index is -0.334. The molecule has 0 bridgehead atoms. The first-order valence-electron chi connectivity index (χ1n) is 7.70. The first-order valence-corrected chi connectivity index (χ1v) is 8.52. The van der Waals surface area contributed by atoms with E-state index < -0.39 is 0 Å². The molecule has 0 saturated heterocycles. The van der Waals surface area contributed by atoms with Crippen molar-refractivity contribution in [3.8, 4) is 10.6 Å². The van der Waals surface area contributed by atoms with E-state index in [2.05, 4.69) is 29.4 Å². The van der Waals surface area contributed by atoms with Gasteiger partial charge in [-0.1, -0.05) is 31.2 Å². The minimum Gasteiger partial charge on any atom is -0.321 e. The largest absolute Gasteiger partial charge is 0.321 e. The normalized spacial score (nSPS) is 10.6. The monoisotopic (exact) mass is 340 g/mol. The molecule has 0 unspecified atom stereocenters. The molecule has 24 heavy (non-hydrogen) atoms. The van der Waals surface area contributed by atoms with E-state index in [0.717, 1.165) is 17.0 Å². The summed E-state index contributed by atoms with van der Waals surface area (Å²) < 4.78 is 12.9. The molecular weight excluding hydrogens is 323 g/mol. The Hall–Kier alpha value is -2.53. The maximum atomic E-state index is 12.9. The van der Waals surface area contributed by atoms with Gasteiger partial charge >= 0.3 is 0 Å². The van der Waals surface area contributed by atoms with Crippen LogP contribution >= 0.6 is 11.3 Å². The van der Waals surface area contributed by atoms with E-state index in [-0.39, 0.29) is 11.7 Å². The number of hydrogen-bond acceptors (Lipinski definition) is 3. The molecule has 1 N–H and O–H groups in total. The van der Waals surface area contributed by atoms with E-state index in [9.17, 15) is 9.18 Å². The molecule has 0 atom stereocenters. The van der Waals surface area contributed by atoms with Crippen molar-refractivity contribution in [1.82, 2.24) is 4.98 Å². The fourth-order valence-electron chi connectivity index (χ4n) is 2.33. The molecule has 2 aromatic carbocycles. The van der Waals surface area contributed by atoms with Gasteiger partial charge in [-0.15, -0.1) is 11.3 Å². The lowest BCUT2D eigenvalue weighted by Crippen LogP contribution is -2.11. The number of aromatic nitrogens is 1. The van der Waals surface area contributed by atoms with Gasteiger partial charge < -0.3 is 5.32 Å². The third-order valence-corrected chi connectivity index (χ3v) is 4.92. The number of aryl methyl sites for hydroxylation is 2. The molecule has 1 amide bonds. The van der Waals surface area contributed by atoms with Crippen LogP contribution in [0.2, 0.25) is 0 Å². The molecule has 0 aliphatic heterocycles. The molecule has 0 radical (unpaired) electrons. The molecule has 0 aliphatic carbocycles. The summed E-state index contributed by atoms with van der Waals surface area (Å²) in [6, 6.07) is 13.9. The smallest absolute Gasteiger partial charge is 0.267 e. The first-order chi connectivity index (χ1) is 11.6. The molecule has 5 heteroatoms. The number of nitrogens with zero attached hydrogens (tertiary/aromatic N) is 1. The maximum absolute atomic E-state index is 12.9. The summed E-state index contributed by atoms with van der Waals surface area (Å²) in [6.07, 6.45) is 0.989. The van der Waals surface area contributed by atoms with Crippen LogP contribution in [-0.4, -0.2) is 10.9 Å². The summed E-state index contributed by atoms with van der Waals surface area (Å²) in [7, 11) is 0. The average molecular weight is 340 g/mol. The van der Waals surface area contributed by atoms with Crippen LogP contribution in [0.15, 0.2) is 48.5 Å². The molecule has 122 valence electrons. The van der Waals surface area contributed by atoms with Gasteiger partial charge in [0.2, 0.25) is 0 Å². The first kappa shape index (κ1) is 16.3. The van der Waals surface area contributed by atoms with Crippen LogP contribution in [0.3, 0.4) is 0 Å². The van der Waals surface area contributed by atoms with E-state index >= 15 is 0 Å². The highest BCUT2D eigenvalue weighted by Gasteiger charge is 2.16. The number of anilines is 1. The molecular formula is C19H17FN2OS. The quantitative estimate of drug-likeness (QED) is 0.720. The van der Waals surface area contributed by atoms with Gasteiger partial charge in [0.15, 0.2) is 0 Å². The van der Waals surface area contributed by atoms with Crippen LogP contribution in [-0.2, 0) is 6.42 Å². The number of carbonyl (C=O) groups is 1. The fraction of sp³-hybridized carbons (Fsp3) is 0.158. The third-order valence-electron chi connectivity index (χ3n) is 3.71. The number of nitrogens with one attached hydrogen (secondary N) is 1. The molecule has 0 saturated carbocycles. The lowest BCUT2D eigenvalue weighted by atomic mass is 10.1. The van der Waals surface area contributed by atoms with Crippen molar-refractivity contribution in [2.75, 3.05) is 5.32 Å². The van der Waals surface area contributed by atoms with Gasteiger partial charge in [-0.25, -0.2) is 9.37 Å². The van der Waals surface area contributed by atoms with E-state index in [0.29, 0.717) is 16.3 Å². The molecule has 3 nitrogen and oxygen atoms in total. The predicted molar refractivity (Wildman–Crippen MR) is 96.0 cm³/mol. The zero-order valence-electron chi connectivity index (χ0n) is 13.5. The average Bonchev–Trinajstić information content (AvgIpc) is 2.99. The summed E-state index contributed by atoms with van der Waals surface area (Å²) in [5, 5.41) is 3.59. The Balaban J connectivity index is 1.82. The number of thiazole rings is 1.